The summed E-state index contributed by atoms with van der Waals surface area (Å²) in [7, 11) is 1.57. The molecule has 2 N–H and O–H groups in total. The van der Waals surface area contributed by atoms with Crippen molar-refractivity contribution in [2.45, 2.75) is 13.0 Å². The van der Waals surface area contributed by atoms with E-state index >= 15 is 0 Å². The third-order valence-corrected chi connectivity index (χ3v) is 8.10. The number of methoxy groups -OCH3 is 1. The van der Waals surface area contributed by atoms with Crippen molar-refractivity contribution in [2.75, 3.05) is 12.4 Å². The van der Waals surface area contributed by atoms with E-state index in [4.69, 9.17) is 4.74 Å². The molecule has 4 aromatic rings. The van der Waals surface area contributed by atoms with Gasteiger partial charge in [0.2, 0.25) is 0 Å². The van der Waals surface area contributed by atoms with E-state index in [1.165, 1.54) is 15.9 Å². The van der Waals surface area contributed by atoms with Gasteiger partial charge in [-0.15, -0.1) is 0 Å². The van der Waals surface area contributed by atoms with Crippen molar-refractivity contribution in [3.8, 4) is 11.5 Å². The van der Waals surface area contributed by atoms with Gasteiger partial charge in [-0.2, -0.15) is 0 Å². The molecule has 0 radical (unpaired) electrons. The number of aromatic hydroxyl groups is 1. The van der Waals surface area contributed by atoms with Gasteiger partial charge in [0, 0.05) is 15.7 Å². The molecule has 7 nitrogen and oxygen atoms in total. The monoisotopic (exact) mass is 653 g/mol. The highest BCUT2D eigenvalue weighted by Crippen LogP contribution is 2.33. The zero-order valence-electron chi connectivity index (χ0n) is 20.2. The number of hydrogen-bond acceptors (Lipinski definition) is 6. The van der Waals surface area contributed by atoms with Gasteiger partial charge in [-0.1, -0.05) is 57.6 Å². The van der Waals surface area contributed by atoms with Gasteiger partial charge < -0.3 is 15.2 Å². The number of phenolic OH excluding ortho intramolecular Hbond substituents is 1. The number of allylic oxidation sites excluding steroid dienone is 1. The number of para-hydroxylation sites is 1. The third kappa shape index (κ3) is 4.99. The van der Waals surface area contributed by atoms with Crippen LogP contribution >= 0.6 is 43.2 Å². The molecule has 1 aliphatic heterocycles. The molecule has 0 saturated heterocycles. The molecule has 0 saturated carbocycles. The van der Waals surface area contributed by atoms with Crippen LogP contribution in [0.15, 0.2) is 96.7 Å². The van der Waals surface area contributed by atoms with Gasteiger partial charge in [0.25, 0.3) is 11.5 Å². The molecule has 5 rings (SSSR count). The number of thiazole rings is 1. The van der Waals surface area contributed by atoms with Crippen molar-refractivity contribution >= 4 is 60.9 Å². The van der Waals surface area contributed by atoms with Crippen LogP contribution in [0.5, 0.6) is 11.5 Å². The Morgan fingerprint density at radius 1 is 1.13 bits per heavy atom. The summed E-state index contributed by atoms with van der Waals surface area (Å²) in [5.41, 5.74) is 2.34. The average molecular weight is 655 g/mol. The van der Waals surface area contributed by atoms with Crippen molar-refractivity contribution in [2.24, 2.45) is 4.99 Å². The molecule has 1 amide bonds. The average Bonchev–Trinajstić information content (AvgIpc) is 3.20. The fourth-order valence-electron chi connectivity index (χ4n) is 4.30. The third-order valence-electron chi connectivity index (χ3n) is 6.05. The maximum atomic E-state index is 13.9. The molecular formula is C28H21Br2N3O4S. The van der Waals surface area contributed by atoms with E-state index in [1.807, 2.05) is 36.4 Å². The lowest BCUT2D eigenvalue weighted by atomic mass is 9.95. The molecule has 1 atom stereocenters. The number of phenols is 1. The zero-order valence-corrected chi connectivity index (χ0v) is 24.2. The van der Waals surface area contributed by atoms with Gasteiger partial charge in [-0.05, 0) is 70.9 Å². The number of ether oxygens (including phenoxy) is 1. The number of fused-ring (bicyclic) bond motifs is 1. The van der Waals surface area contributed by atoms with Gasteiger partial charge in [0.1, 0.15) is 11.5 Å². The van der Waals surface area contributed by atoms with E-state index in [9.17, 15) is 14.7 Å². The summed E-state index contributed by atoms with van der Waals surface area (Å²) in [4.78, 5) is 32.6. The number of carbonyl (C=O) groups is 1. The number of nitrogens with one attached hydrogen (secondary N) is 1. The molecule has 0 fully saturated rings. The quantitative estimate of drug-likeness (QED) is 0.313. The summed E-state index contributed by atoms with van der Waals surface area (Å²) >= 11 is 7.96. The summed E-state index contributed by atoms with van der Waals surface area (Å²) < 4.78 is 8.57. The highest BCUT2D eigenvalue weighted by atomic mass is 79.9. The van der Waals surface area contributed by atoms with E-state index in [0.29, 0.717) is 47.6 Å². The zero-order chi connectivity index (χ0) is 27.0. The second kappa shape index (κ2) is 10.7. The molecule has 10 heteroatoms. The van der Waals surface area contributed by atoms with Gasteiger partial charge in [0.05, 0.1) is 33.4 Å². The van der Waals surface area contributed by atoms with Crippen LogP contribution in [0.1, 0.15) is 24.1 Å². The first-order chi connectivity index (χ1) is 18.3. The predicted molar refractivity (Wildman–Crippen MR) is 155 cm³/mol. The predicted octanol–water partition coefficient (Wildman–Crippen LogP) is 5.11. The Balaban J connectivity index is 1.71. The molecule has 0 aliphatic carbocycles. The lowest BCUT2D eigenvalue weighted by Crippen LogP contribution is -2.40. The van der Waals surface area contributed by atoms with Crippen LogP contribution in [-0.2, 0) is 4.79 Å². The summed E-state index contributed by atoms with van der Waals surface area (Å²) in [5, 5.41) is 13.5. The van der Waals surface area contributed by atoms with Gasteiger partial charge >= 0.3 is 0 Å². The molecule has 0 bridgehead atoms. The van der Waals surface area contributed by atoms with Gasteiger partial charge in [0.15, 0.2) is 4.80 Å². The first-order valence-corrected chi connectivity index (χ1v) is 13.9. The molecule has 2 heterocycles. The molecule has 0 spiro atoms. The second-order valence-corrected chi connectivity index (χ2v) is 11.3. The fourth-order valence-corrected chi connectivity index (χ4v) is 6.59. The van der Waals surface area contributed by atoms with Crippen LogP contribution in [0, 0.1) is 0 Å². The van der Waals surface area contributed by atoms with Crippen LogP contribution in [-0.4, -0.2) is 22.7 Å². The Hall–Kier alpha value is -3.47. The maximum absolute atomic E-state index is 13.9. The number of carbonyl (C=O) groups excluding carboxylic acids is 1. The van der Waals surface area contributed by atoms with E-state index in [1.54, 1.807) is 50.4 Å². The van der Waals surface area contributed by atoms with Crippen molar-refractivity contribution in [1.29, 1.82) is 0 Å². The van der Waals surface area contributed by atoms with Crippen LogP contribution in [0.4, 0.5) is 5.69 Å². The standard InChI is InChI=1S/C28H21Br2N3O4S/c1-15-23(26(35)32-19-8-4-3-5-9-19)24(16-7-6-10-20(12-16)37-2)33-27(36)22(38-28(33)31-15)13-17-11-18(29)14-21(30)25(17)34/h3-14,24,34H,1-2H3,(H,32,35)/b22-13-/t24-/m0/s1. The van der Waals surface area contributed by atoms with Crippen LogP contribution in [0.3, 0.4) is 0 Å². The number of nitrogens with zero attached hydrogens (tertiary/aromatic N) is 2. The molecule has 38 heavy (non-hydrogen) atoms. The number of aromatic nitrogens is 1. The number of halogens is 2. The lowest BCUT2D eigenvalue weighted by Gasteiger charge is -2.25. The minimum atomic E-state index is -0.741. The van der Waals surface area contributed by atoms with Crippen molar-refractivity contribution < 1.29 is 14.6 Å². The summed E-state index contributed by atoms with van der Waals surface area (Å²) in [5.74, 6) is 0.265. The Kier molecular flexibility index (Phi) is 7.38. The Bertz CT molecular complexity index is 1780. The summed E-state index contributed by atoms with van der Waals surface area (Å²) in [6.45, 7) is 1.77. The van der Waals surface area contributed by atoms with Gasteiger partial charge in [-0.3, -0.25) is 14.2 Å². The molecule has 1 aromatic heterocycles. The normalized spacial score (nSPS) is 15.2. The van der Waals surface area contributed by atoms with Crippen molar-refractivity contribution in [1.82, 2.24) is 4.57 Å². The first kappa shape index (κ1) is 26.1. The maximum Gasteiger partial charge on any atom is 0.271 e. The van der Waals surface area contributed by atoms with Crippen LogP contribution < -0.4 is 24.9 Å². The number of amides is 1. The van der Waals surface area contributed by atoms with E-state index in [0.717, 1.165) is 4.47 Å². The van der Waals surface area contributed by atoms with Crippen molar-refractivity contribution in [3.63, 3.8) is 0 Å². The SMILES string of the molecule is COc1cccc([C@H]2C(C(=O)Nc3ccccc3)=C(C)N=c3s/c(=C\c4cc(Br)cc(Br)c4O)c(=O)n32)c1. The minimum Gasteiger partial charge on any atom is -0.506 e. The molecule has 3 aromatic carbocycles. The molecule has 1 aliphatic rings. The Labute approximate surface area is 238 Å². The Morgan fingerprint density at radius 3 is 2.63 bits per heavy atom. The number of anilines is 1. The lowest BCUT2D eigenvalue weighted by molar-refractivity contribution is -0.113. The van der Waals surface area contributed by atoms with Crippen LogP contribution in [0.2, 0.25) is 0 Å². The Morgan fingerprint density at radius 2 is 1.89 bits per heavy atom. The number of benzene rings is 3. The summed E-state index contributed by atoms with van der Waals surface area (Å²) in [6.07, 6.45) is 1.63. The van der Waals surface area contributed by atoms with E-state index in [-0.39, 0.29) is 17.2 Å². The van der Waals surface area contributed by atoms with E-state index < -0.39 is 6.04 Å². The first-order valence-electron chi connectivity index (χ1n) is 11.5. The molecular weight excluding hydrogens is 634 g/mol. The fraction of sp³-hybridized carbons (Fsp3) is 0.107. The smallest absolute Gasteiger partial charge is 0.271 e. The summed E-state index contributed by atoms with van der Waals surface area (Å²) in [6, 6.07) is 19.1. The molecule has 0 unspecified atom stereocenters. The highest BCUT2D eigenvalue weighted by Gasteiger charge is 2.32. The molecule has 192 valence electrons. The number of rotatable bonds is 5. The minimum absolute atomic E-state index is 0.0162. The number of hydrogen-bond donors (Lipinski definition) is 2. The van der Waals surface area contributed by atoms with Crippen LogP contribution in [0.25, 0.3) is 6.08 Å². The highest BCUT2D eigenvalue weighted by molar-refractivity contribution is 9.11. The largest absolute Gasteiger partial charge is 0.506 e. The topological polar surface area (TPSA) is 92.9 Å². The van der Waals surface area contributed by atoms with Crippen molar-refractivity contribution in [3.05, 3.63) is 118 Å². The van der Waals surface area contributed by atoms with Gasteiger partial charge in [-0.25, -0.2) is 4.99 Å². The second-order valence-electron chi connectivity index (χ2n) is 8.50. The van der Waals surface area contributed by atoms with E-state index in [2.05, 4.69) is 42.2 Å².